The van der Waals surface area contributed by atoms with E-state index < -0.39 is 0 Å². The first kappa shape index (κ1) is 12.3. The Kier molecular flexibility index (Phi) is 3.91. The van der Waals surface area contributed by atoms with Crippen molar-refractivity contribution < 1.29 is 0 Å². The molecular formula is C12H18N4S. The first-order chi connectivity index (χ1) is 8.22. The zero-order valence-corrected chi connectivity index (χ0v) is 11.3. The molecule has 2 rings (SSSR count). The van der Waals surface area contributed by atoms with Gasteiger partial charge in [-0.2, -0.15) is 5.10 Å². The molecule has 1 unspecified atom stereocenters. The highest BCUT2D eigenvalue weighted by Gasteiger charge is 2.12. The molecule has 2 aromatic heterocycles. The molecule has 0 spiro atoms. The summed E-state index contributed by atoms with van der Waals surface area (Å²) in [7, 11) is 1.97. The van der Waals surface area contributed by atoms with Gasteiger partial charge in [-0.25, -0.2) is 4.98 Å². The zero-order chi connectivity index (χ0) is 12.3. The van der Waals surface area contributed by atoms with Crippen LogP contribution in [0, 0.1) is 6.92 Å². The number of nitrogens with one attached hydrogen (secondary N) is 1. The number of hydrogen-bond acceptors (Lipinski definition) is 4. The molecule has 1 N–H and O–H groups in total. The summed E-state index contributed by atoms with van der Waals surface area (Å²) in [6.45, 7) is 5.11. The lowest BCUT2D eigenvalue weighted by Gasteiger charge is -2.14. The van der Waals surface area contributed by atoms with Crippen molar-refractivity contribution >= 4 is 11.3 Å². The van der Waals surface area contributed by atoms with Gasteiger partial charge in [-0.3, -0.25) is 4.68 Å². The summed E-state index contributed by atoms with van der Waals surface area (Å²) in [5, 5.41) is 11.0. The molecule has 1 atom stereocenters. The third-order valence-electron chi connectivity index (χ3n) is 3.03. The van der Waals surface area contributed by atoms with Crippen LogP contribution in [0.3, 0.4) is 0 Å². The van der Waals surface area contributed by atoms with Crippen molar-refractivity contribution in [1.82, 2.24) is 20.1 Å². The van der Waals surface area contributed by atoms with Crippen molar-refractivity contribution in [3.63, 3.8) is 0 Å². The van der Waals surface area contributed by atoms with Crippen LogP contribution < -0.4 is 5.32 Å². The van der Waals surface area contributed by atoms with Gasteiger partial charge < -0.3 is 5.32 Å². The van der Waals surface area contributed by atoms with Gasteiger partial charge in [0, 0.05) is 36.4 Å². The summed E-state index contributed by atoms with van der Waals surface area (Å²) < 4.78 is 1.90. The summed E-state index contributed by atoms with van der Waals surface area (Å²) >= 11 is 1.71. The Balaban J connectivity index is 1.99. The lowest BCUT2D eigenvalue weighted by atomic mass is 10.2. The maximum atomic E-state index is 4.36. The summed E-state index contributed by atoms with van der Waals surface area (Å²) in [6.07, 6.45) is 4.84. The molecular weight excluding hydrogens is 232 g/mol. The molecule has 2 aromatic rings. The van der Waals surface area contributed by atoms with Crippen LogP contribution >= 0.6 is 11.3 Å². The SMILES string of the molecule is CCC(NCc1cnn(C)c1C)c1nccs1. The van der Waals surface area contributed by atoms with Crippen LogP contribution in [-0.4, -0.2) is 14.8 Å². The smallest absolute Gasteiger partial charge is 0.109 e. The monoisotopic (exact) mass is 250 g/mol. The van der Waals surface area contributed by atoms with E-state index in [9.17, 15) is 0 Å². The molecule has 0 aromatic carbocycles. The van der Waals surface area contributed by atoms with Crippen LogP contribution in [0.25, 0.3) is 0 Å². The number of hydrogen-bond donors (Lipinski definition) is 1. The van der Waals surface area contributed by atoms with Gasteiger partial charge in [0.2, 0.25) is 0 Å². The van der Waals surface area contributed by atoms with Gasteiger partial charge in [0.1, 0.15) is 5.01 Å². The van der Waals surface area contributed by atoms with Crippen LogP contribution in [-0.2, 0) is 13.6 Å². The average molecular weight is 250 g/mol. The minimum Gasteiger partial charge on any atom is -0.304 e. The molecule has 0 bridgehead atoms. The third-order valence-corrected chi connectivity index (χ3v) is 3.92. The molecule has 17 heavy (non-hydrogen) atoms. The normalized spacial score (nSPS) is 12.9. The van der Waals surface area contributed by atoms with E-state index in [0.717, 1.165) is 18.0 Å². The highest BCUT2D eigenvalue weighted by Crippen LogP contribution is 2.19. The molecule has 0 aliphatic carbocycles. The first-order valence-electron chi connectivity index (χ1n) is 5.82. The third kappa shape index (κ3) is 2.73. The Hall–Kier alpha value is -1.20. The Morgan fingerprint density at radius 3 is 2.88 bits per heavy atom. The minimum atomic E-state index is 0.342. The zero-order valence-electron chi connectivity index (χ0n) is 10.5. The molecule has 0 fully saturated rings. The Labute approximate surface area is 106 Å². The predicted octanol–water partition coefficient (Wildman–Crippen LogP) is 2.43. The summed E-state index contributed by atoms with van der Waals surface area (Å²) in [4.78, 5) is 4.36. The highest BCUT2D eigenvalue weighted by atomic mass is 32.1. The fourth-order valence-electron chi connectivity index (χ4n) is 1.76. The van der Waals surface area contributed by atoms with E-state index in [4.69, 9.17) is 0 Å². The molecule has 0 saturated carbocycles. The second kappa shape index (κ2) is 5.42. The number of thiazole rings is 1. The largest absolute Gasteiger partial charge is 0.304 e. The number of aromatic nitrogens is 3. The van der Waals surface area contributed by atoms with Gasteiger partial charge >= 0.3 is 0 Å². The lowest BCUT2D eigenvalue weighted by Crippen LogP contribution is -2.20. The van der Waals surface area contributed by atoms with Gasteiger partial charge in [-0.1, -0.05) is 6.92 Å². The van der Waals surface area contributed by atoms with Crippen LogP contribution in [0.15, 0.2) is 17.8 Å². The minimum absolute atomic E-state index is 0.342. The van der Waals surface area contributed by atoms with Gasteiger partial charge in [0.15, 0.2) is 0 Å². The van der Waals surface area contributed by atoms with Crippen LogP contribution in [0.4, 0.5) is 0 Å². The second-order valence-corrected chi connectivity index (χ2v) is 5.02. The van der Waals surface area contributed by atoms with Crippen molar-refractivity contribution in [1.29, 1.82) is 0 Å². The highest BCUT2D eigenvalue weighted by molar-refractivity contribution is 7.09. The van der Waals surface area contributed by atoms with E-state index in [1.54, 1.807) is 11.3 Å². The molecule has 0 saturated heterocycles. The Morgan fingerprint density at radius 2 is 2.35 bits per heavy atom. The Bertz CT molecular complexity index is 461. The van der Waals surface area contributed by atoms with Crippen molar-refractivity contribution in [2.24, 2.45) is 7.05 Å². The van der Waals surface area contributed by atoms with E-state index in [1.807, 2.05) is 29.5 Å². The van der Waals surface area contributed by atoms with E-state index in [1.165, 1.54) is 11.3 Å². The maximum absolute atomic E-state index is 4.36. The first-order valence-corrected chi connectivity index (χ1v) is 6.70. The topological polar surface area (TPSA) is 42.7 Å². The summed E-state index contributed by atoms with van der Waals surface area (Å²) in [5.41, 5.74) is 2.47. The van der Waals surface area contributed by atoms with E-state index in [-0.39, 0.29) is 0 Å². The lowest BCUT2D eigenvalue weighted by molar-refractivity contribution is 0.515. The van der Waals surface area contributed by atoms with Crippen LogP contribution in [0.5, 0.6) is 0 Å². The Morgan fingerprint density at radius 1 is 1.53 bits per heavy atom. The summed E-state index contributed by atoms with van der Waals surface area (Å²) in [6, 6.07) is 0.342. The van der Waals surface area contributed by atoms with Gasteiger partial charge in [0.25, 0.3) is 0 Å². The number of aryl methyl sites for hydroxylation is 1. The molecule has 5 heteroatoms. The van der Waals surface area contributed by atoms with Crippen LogP contribution in [0.1, 0.15) is 35.7 Å². The predicted molar refractivity (Wildman–Crippen MR) is 69.9 cm³/mol. The van der Waals surface area contributed by atoms with Gasteiger partial charge in [-0.05, 0) is 13.3 Å². The van der Waals surface area contributed by atoms with Crippen molar-refractivity contribution in [2.75, 3.05) is 0 Å². The van der Waals surface area contributed by atoms with E-state index in [2.05, 4.69) is 29.2 Å². The quantitative estimate of drug-likeness (QED) is 0.886. The fourth-order valence-corrected chi connectivity index (χ4v) is 2.56. The average Bonchev–Trinajstić information content (AvgIpc) is 2.95. The number of nitrogens with zero attached hydrogens (tertiary/aromatic N) is 3. The summed E-state index contributed by atoms with van der Waals surface area (Å²) in [5.74, 6) is 0. The second-order valence-electron chi connectivity index (χ2n) is 4.09. The van der Waals surface area contributed by atoms with Crippen LogP contribution in [0.2, 0.25) is 0 Å². The van der Waals surface area contributed by atoms with Gasteiger partial charge in [0.05, 0.1) is 12.2 Å². The van der Waals surface area contributed by atoms with Crippen molar-refractivity contribution in [3.8, 4) is 0 Å². The molecule has 2 heterocycles. The van der Waals surface area contributed by atoms with E-state index in [0.29, 0.717) is 6.04 Å². The molecule has 4 nitrogen and oxygen atoms in total. The number of rotatable bonds is 5. The van der Waals surface area contributed by atoms with Gasteiger partial charge in [-0.15, -0.1) is 11.3 Å². The molecule has 0 aliphatic rings. The molecule has 92 valence electrons. The molecule has 0 amide bonds. The van der Waals surface area contributed by atoms with E-state index >= 15 is 0 Å². The van der Waals surface area contributed by atoms with Crippen molar-refractivity contribution in [3.05, 3.63) is 34.0 Å². The fraction of sp³-hybridized carbons (Fsp3) is 0.500. The molecule has 0 radical (unpaired) electrons. The maximum Gasteiger partial charge on any atom is 0.109 e. The van der Waals surface area contributed by atoms with Crippen molar-refractivity contribution in [2.45, 2.75) is 32.9 Å². The molecule has 0 aliphatic heterocycles. The standard InChI is InChI=1S/C12H18N4S/c1-4-11(12-13-5-6-17-12)14-7-10-8-15-16(3)9(10)2/h5-6,8,11,14H,4,7H2,1-3H3.